The predicted molar refractivity (Wildman–Crippen MR) is 111 cm³/mol. The normalized spacial score (nSPS) is 14.6. The third kappa shape index (κ3) is 4.98. The number of thioether (sulfide) groups is 1. The van der Waals surface area contributed by atoms with Crippen molar-refractivity contribution in [1.29, 1.82) is 0 Å². The van der Waals surface area contributed by atoms with Gasteiger partial charge in [-0.3, -0.25) is 4.79 Å². The number of nitrogens with zero attached hydrogens (tertiary/aromatic N) is 3. The monoisotopic (exact) mass is 417 g/mol. The van der Waals surface area contributed by atoms with Crippen molar-refractivity contribution in [2.75, 3.05) is 19.4 Å². The highest BCUT2D eigenvalue weighted by molar-refractivity contribution is 7.98. The van der Waals surface area contributed by atoms with Gasteiger partial charge in [-0.25, -0.2) is 14.8 Å². The summed E-state index contributed by atoms with van der Waals surface area (Å²) in [5, 5.41) is 0.501. The Kier molecular flexibility index (Phi) is 7.30. The molecule has 0 N–H and O–H groups in total. The molecule has 0 saturated heterocycles. The number of amides is 1. The van der Waals surface area contributed by atoms with Gasteiger partial charge < -0.3 is 14.1 Å². The second-order valence-electron chi connectivity index (χ2n) is 7.04. The highest BCUT2D eigenvalue weighted by Crippen LogP contribution is 2.26. The van der Waals surface area contributed by atoms with Gasteiger partial charge in [-0.2, -0.15) is 0 Å². The zero-order valence-corrected chi connectivity index (χ0v) is 18.0. The van der Waals surface area contributed by atoms with Gasteiger partial charge in [-0.1, -0.05) is 19.3 Å². The third-order valence-corrected chi connectivity index (χ3v) is 5.88. The van der Waals surface area contributed by atoms with Crippen LogP contribution in [0.1, 0.15) is 55.1 Å². The second kappa shape index (κ2) is 9.91. The molecule has 156 valence electrons. The van der Waals surface area contributed by atoms with E-state index >= 15 is 0 Å². The molecule has 0 spiro atoms. The third-order valence-electron chi connectivity index (χ3n) is 5.20. The summed E-state index contributed by atoms with van der Waals surface area (Å²) >= 11 is 1.33. The highest BCUT2D eigenvalue weighted by Gasteiger charge is 2.26. The Balaban J connectivity index is 1.70. The number of furan rings is 1. The van der Waals surface area contributed by atoms with Crippen molar-refractivity contribution in [2.24, 2.45) is 0 Å². The van der Waals surface area contributed by atoms with Crippen molar-refractivity contribution in [3.05, 3.63) is 29.7 Å². The maximum Gasteiger partial charge on any atom is 0.343 e. The lowest BCUT2D eigenvalue weighted by Crippen LogP contribution is -2.43. The topological polar surface area (TPSA) is 85.5 Å². The van der Waals surface area contributed by atoms with Crippen LogP contribution < -0.4 is 0 Å². The number of likely N-dealkylation sites (N-methyl/N-ethyl adjacent to an activating group) is 1. The minimum absolute atomic E-state index is 0.149. The van der Waals surface area contributed by atoms with Crippen molar-refractivity contribution < 1.29 is 18.7 Å². The van der Waals surface area contributed by atoms with Crippen molar-refractivity contribution >= 4 is 23.6 Å². The lowest BCUT2D eigenvalue weighted by Gasteiger charge is -2.33. The average molecular weight is 418 g/mol. The van der Waals surface area contributed by atoms with E-state index in [9.17, 15) is 9.59 Å². The van der Waals surface area contributed by atoms with Crippen LogP contribution in [-0.4, -0.2) is 52.2 Å². The molecule has 2 aromatic heterocycles. The minimum Gasteiger partial charge on any atom is -0.461 e. The molecule has 3 rings (SSSR count). The standard InChI is InChI=1S/C21H27N3O4S/c1-4-24(15-9-6-5-7-10-15)17(25)13-28-21(26)18-14(2)22-19(23-20(18)29-3)16-11-8-12-27-16/h8,11-12,15H,4-7,9-10,13H2,1-3H3. The fourth-order valence-electron chi connectivity index (χ4n) is 3.76. The van der Waals surface area contributed by atoms with Crippen LogP contribution in [0.4, 0.5) is 0 Å². The van der Waals surface area contributed by atoms with Gasteiger partial charge in [0.1, 0.15) is 10.6 Å². The van der Waals surface area contributed by atoms with Crippen LogP contribution in [0.2, 0.25) is 0 Å². The summed E-state index contributed by atoms with van der Waals surface area (Å²) in [6.07, 6.45) is 8.93. The first kappa shape index (κ1) is 21.4. The van der Waals surface area contributed by atoms with Gasteiger partial charge >= 0.3 is 5.97 Å². The van der Waals surface area contributed by atoms with Crippen LogP contribution in [0.25, 0.3) is 11.6 Å². The average Bonchev–Trinajstić information content (AvgIpc) is 3.27. The van der Waals surface area contributed by atoms with E-state index in [4.69, 9.17) is 9.15 Å². The molecular formula is C21H27N3O4S. The molecule has 1 amide bonds. The summed E-state index contributed by atoms with van der Waals surface area (Å²) in [4.78, 5) is 36.0. The van der Waals surface area contributed by atoms with Gasteiger partial charge in [0.15, 0.2) is 18.2 Å². The van der Waals surface area contributed by atoms with Crippen LogP contribution in [0.15, 0.2) is 27.8 Å². The fourth-order valence-corrected chi connectivity index (χ4v) is 4.37. The molecule has 29 heavy (non-hydrogen) atoms. The minimum atomic E-state index is -0.578. The Labute approximate surface area is 175 Å². The summed E-state index contributed by atoms with van der Waals surface area (Å²) in [6.45, 7) is 4.05. The van der Waals surface area contributed by atoms with Gasteiger partial charge in [0.2, 0.25) is 0 Å². The molecule has 1 saturated carbocycles. The van der Waals surface area contributed by atoms with Crippen LogP contribution in [0.5, 0.6) is 0 Å². The summed E-state index contributed by atoms with van der Waals surface area (Å²) < 4.78 is 10.7. The molecule has 0 unspecified atom stereocenters. The number of ether oxygens (including phenoxy) is 1. The Hall–Kier alpha value is -2.35. The van der Waals surface area contributed by atoms with Crippen molar-refractivity contribution in [1.82, 2.24) is 14.9 Å². The lowest BCUT2D eigenvalue weighted by atomic mass is 9.94. The van der Waals surface area contributed by atoms with E-state index in [2.05, 4.69) is 9.97 Å². The van der Waals surface area contributed by atoms with E-state index in [1.165, 1.54) is 18.2 Å². The summed E-state index contributed by atoms with van der Waals surface area (Å²) in [6, 6.07) is 3.77. The van der Waals surface area contributed by atoms with Gasteiger partial charge in [-0.15, -0.1) is 11.8 Å². The second-order valence-corrected chi connectivity index (χ2v) is 7.84. The van der Waals surface area contributed by atoms with Crippen LogP contribution in [-0.2, 0) is 9.53 Å². The summed E-state index contributed by atoms with van der Waals surface area (Å²) in [7, 11) is 0. The Morgan fingerprint density at radius 1 is 1.28 bits per heavy atom. The zero-order valence-electron chi connectivity index (χ0n) is 17.1. The van der Waals surface area contributed by atoms with E-state index < -0.39 is 5.97 Å². The van der Waals surface area contributed by atoms with E-state index in [1.807, 2.05) is 18.1 Å². The molecule has 1 aliphatic carbocycles. The molecule has 0 aliphatic heterocycles. The number of aryl methyl sites for hydroxylation is 1. The molecule has 1 aliphatic rings. The lowest BCUT2D eigenvalue weighted by molar-refractivity contribution is -0.137. The van der Waals surface area contributed by atoms with Crippen LogP contribution in [0, 0.1) is 6.92 Å². The number of hydrogen-bond acceptors (Lipinski definition) is 7. The molecular weight excluding hydrogens is 390 g/mol. The van der Waals surface area contributed by atoms with Crippen molar-refractivity contribution in [2.45, 2.75) is 57.0 Å². The van der Waals surface area contributed by atoms with E-state index in [0.29, 0.717) is 34.4 Å². The number of aromatic nitrogens is 2. The first-order chi connectivity index (χ1) is 14.0. The molecule has 1 fully saturated rings. The number of rotatable bonds is 7. The number of esters is 1. The smallest absolute Gasteiger partial charge is 0.343 e. The largest absolute Gasteiger partial charge is 0.461 e. The summed E-state index contributed by atoms with van der Waals surface area (Å²) in [5.74, 6) is 0.221. The maximum atomic E-state index is 12.7. The molecule has 7 nitrogen and oxygen atoms in total. The molecule has 0 bridgehead atoms. The Morgan fingerprint density at radius 3 is 2.66 bits per heavy atom. The van der Waals surface area contributed by atoms with E-state index in [0.717, 1.165) is 25.7 Å². The van der Waals surface area contributed by atoms with Gasteiger partial charge in [0.05, 0.1) is 12.0 Å². The number of carbonyl (C=O) groups is 2. The van der Waals surface area contributed by atoms with Gasteiger partial charge in [-0.05, 0) is 45.1 Å². The molecule has 2 aromatic rings. The number of hydrogen-bond donors (Lipinski definition) is 0. The highest BCUT2D eigenvalue weighted by atomic mass is 32.2. The van der Waals surface area contributed by atoms with Gasteiger partial charge in [0.25, 0.3) is 5.91 Å². The first-order valence-electron chi connectivity index (χ1n) is 9.98. The van der Waals surface area contributed by atoms with Crippen molar-refractivity contribution in [3.8, 4) is 11.6 Å². The molecule has 0 radical (unpaired) electrons. The quantitative estimate of drug-likeness (QED) is 0.381. The van der Waals surface area contributed by atoms with Crippen LogP contribution in [0.3, 0.4) is 0 Å². The van der Waals surface area contributed by atoms with Crippen LogP contribution >= 0.6 is 11.8 Å². The maximum absolute atomic E-state index is 12.7. The van der Waals surface area contributed by atoms with Crippen molar-refractivity contribution in [3.63, 3.8) is 0 Å². The number of carbonyl (C=O) groups excluding carboxylic acids is 2. The molecule has 8 heteroatoms. The SMILES string of the molecule is CCN(C(=O)COC(=O)c1c(C)nc(-c2ccco2)nc1SC)C1CCCCC1. The zero-order chi connectivity index (χ0) is 20.8. The summed E-state index contributed by atoms with van der Waals surface area (Å²) in [5.41, 5.74) is 0.786. The Bertz CT molecular complexity index is 848. The van der Waals surface area contributed by atoms with E-state index in [-0.39, 0.29) is 18.6 Å². The fraction of sp³-hybridized carbons (Fsp3) is 0.524. The van der Waals surface area contributed by atoms with Gasteiger partial charge in [0, 0.05) is 12.6 Å². The predicted octanol–water partition coefficient (Wildman–Crippen LogP) is 4.10. The Morgan fingerprint density at radius 2 is 2.03 bits per heavy atom. The molecule has 0 atom stereocenters. The molecule has 0 aromatic carbocycles. The van der Waals surface area contributed by atoms with E-state index in [1.54, 1.807) is 25.3 Å². The first-order valence-corrected chi connectivity index (χ1v) is 11.2. The molecule has 2 heterocycles.